The van der Waals surface area contributed by atoms with Crippen molar-refractivity contribution in [1.82, 2.24) is 4.90 Å². The van der Waals surface area contributed by atoms with E-state index in [9.17, 15) is 4.79 Å². The van der Waals surface area contributed by atoms with Crippen molar-refractivity contribution < 1.29 is 9.53 Å². The molecule has 1 saturated heterocycles. The van der Waals surface area contributed by atoms with Crippen molar-refractivity contribution in [1.29, 1.82) is 0 Å². The predicted octanol–water partition coefficient (Wildman–Crippen LogP) is 1.90. The summed E-state index contributed by atoms with van der Waals surface area (Å²) in [6.07, 6.45) is -0.0827. The molecule has 1 amide bonds. The molecule has 1 aliphatic rings. The topological polar surface area (TPSA) is 55.6 Å². The van der Waals surface area contributed by atoms with Crippen molar-refractivity contribution in [2.45, 2.75) is 6.10 Å². The van der Waals surface area contributed by atoms with Crippen molar-refractivity contribution >= 4 is 33.4 Å². The average Bonchev–Trinajstić information content (AvgIpc) is 2.41. The van der Waals surface area contributed by atoms with Gasteiger partial charge in [-0.25, -0.2) is 0 Å². The van der Waals surface area contributed by atoms with E-state index in [1.807, 2.05) is 0 Å². The molecule has 1 heterocycles. The van der Waals surface area contributed by atoms with Crippen molar-refractivity contribution in [3.8, 4) is 0 Å². The van der Waals surface area contributed by atoms with Gasteiger partial charge in [-0.2, -0.15) is 0 Å². The van der Waals surface area contributed by atoms with Gasteiger partial charge in [0.05, 0.1) is 18.3 Å². The normalized spacial score (nSPS) is 19.9. The van der Waals surface area contributed by atoms with E-state index in [1.54, 1.807) is 23.1 Å². The number of benzene rings is 1. The Morgan fingerprint density at radius 1 is 1.61 bits per heavy atom. The standard InChI is InChI=1S/C12H14BrClN2O2/c13-11-2-1-8(14)5-10(11)12(17)16-3-4-18-9(6-15)7-16/h1-2,5,9H,3-4,6-7,15H2. The average molecular weight is 334 g/mol. The molecule has 0 saturated carbocycles. The van der Waals surface area contributed by atoms with E-state index in [-0.39, 0.29) is 12.0 Å². The third kappa shape index (κ3) is 3.03. The van der Waals surface area contributed by atoms with Crippen LogP contribution in [0.25, 0.3) is 0 Å². The smallest absolute Gasteiger partial charge is 0.255 e. The van der Waals surface area contributed by atoms with Crippen molar-refractivity contribution in [2.24, 2.45) is 5.73 Å². The molecule has 1 atom stereocenters. The Balaban J connectivity index is 2.17. The van der Waals surface area contributed by atoms with Crippen LogP contribution in [0, 0.1) is 0 Å². The van der Waals surface area contributed by atoms with E-state index in [0.29, 0.717) is 36.8 Å². The number of halogens is 2. The van der Waals surface area contributed by atoms with Gasteiger partial charge < -0.3 is 15.4 Å². The zero-order valence-corrected chi connectivity index (χ0v) is 12.1. The number of carbonyl (C=O) groups excluding carboxylic acids is 1. The first kappa shape index (κ1) is 13.8. The monoisotopic (exact) mass is 332 g/mol. The zero-order chi connectivity index (χ0) is 13.1. The second kappa shape index (κ2) is 6.02. The number of nitrogens with two attached hydrogens (primary N) is 1. The van der Waals surface area contributed by atoms with Crippen LogP contribution >= 0.6 is 27.5 Å². The van der Waals surface area contributed by atoms with Crippen LogP contribution in [0.15, 0.2) is 22.7 Å². The molecule has 98 valence electrons. The molecule has 2 rings (SSSR count). The predicted molar refractivity (Wildman–Crippen MR) is 73.8 cm³/mol. The number of nitrogens with zero attached hydrogens (tertiary/aromatic N) is 1. The van der Waals surface area contributed by atoms with Gasteiger partial charge in [-0.05, 0) is 34.1 Å². The fraction of sp³-hybridized carbons (Fsp3) is 0.417. The summed E-state index contributed by atoms with van der Waals surface area (Å²) in [4.78, 5) is 14.1. The SMILES string of the molecule is NCC1CN(C(=O)c2cc(Cl)ccc2Br)CCO1. The molecule has 18 heavy (non-hydrogen) atoms. The molecular formula is C12H14BrClN2O2. The maximum atomic E-state index is 12.4. The van der Waals surface area contributed by atoms with Gasteiger partial charge in [-0.1, -0.05) is 11.6 Å². The molecule has 6 heteroatoms. The molecule has 2 N–H and O–H groups in total. The van der Waals surface area contributed by atoms with Gasteiger partial charge in [0.15, 0.2) is 0 Å². The molecule has 4 nitrogen and oxygen atoms in total. The number of carbonyl (C=O) groups is 1. The van der Waals surface area contributed by atoms with Crippen LogP contribution in [-0.2, 0) is 4.74 Å². The van der Waals surface area contributed by atoms with Crippen LogP contribution in [0.4, 0.5) is 0 Å². The van der Waals surface area contributed by atoms with E-state index < -0.39 is 0 Å². The molecule has 0 aromatic heterocycles. The molecule has 0 spiro atoms. The van der Waals surface area contributed by atoms with Gasteiger partial charge in [0, 0.05) is 29.1 Å². The number of hydrogen-bond donors (Lipinski definition) is 1. The minimum Gasteiger partial charge on any atom is -0.373 e. The number of rotatable bonds is 2. The van der Waals surface area contributed by atoms with E-state index in [2.05, 4.69) is 15.9 Å². The quantitative estimate of drug-likeness (QED) is 0.899. The number of ether oxygens (including phenoxy) is 1. The van der Waals surface area contributed by atoms with Crippen LogP contribution in [0.1, 0.15) is 10.4 Å². The highest BCUT2D eigenvalue weighted by molar-refractivity contribution is 9.10. The molecular weight excluding hydrogens is 320 g/mol. The summed E-state index contributed by atoms with van der Waals surface area (Å²) in [5, 5.41) is 0.546. The summed E-state index contributed by atoms with van der Waals surface area (Å²) in [5.74, 6) is -0.0499. The summed E-state index contributed by atoms with van der Waals surface area (Å²) in [6, 6.07) is 5.18. The van der Waals surface area contributed by atoms with Crippen molar-refractivity contribution in [3.05, 3.63) is 33.3 Å². The van der Waals surface area contributed by atoms with Gasteiger partial charge in [-0.3, -0.25) is 4.79 Å². The number of hydrogen-bond acceptors (Lipinski definition) is 3. The number of amides is 1. The van der Waals surface area contributed by atoms with Crippen LogP contribution in [0.5, 0.6) is 0 Å². The molecule has 1 aromatic rings. The van der Waals surface area contributed by atoms with Gasteiger partial charge in [0.25, 0.3) is 5.91 Å². The number of morpholine rings is 1. The second-order valence-corrected chi connectivity index (χ2v) is 5.39. The summed E-state index contributed by atoms with van der Waals surface area (Å²) in [5.41, 5.74) is 6.13. The van der Waals surface area contributed by atoms with E-state index in [0.717, 1.165) is 4.47 Å². The third-order valence-corrected chi connectivity index (χ3v) is 3.77. The Bertz CT molecular complexity index is 456. The largest absolute Gasteiger partial charge is 0.373 e. The Labute approximate surface area is 119 Å². The van der Waals surface area contributed by atoms with Gasteiger partial charge in [-0.15, -0.1) is 0 Å². The van der Waals surface area contributed by atoms with Gasteiger partial charge in [0.2, 0.25) is 0 Å². The lowest BCUT2D eigenvalue weighted by Gasteiger charge is -2.32. The first-order valence-corrected chi connectivity index (χ1v) is 6.85. The first-order chi connectivity index (χ1) is 8.61. The minimum absolute atomic E-state index is 0.0499. The highest BCUT2D eigenvalue weighted by Crippen LogP contribution is 2.23. The molecule has 0 radical (unpaired) electrons. The van der Waals surface area contributed by atoms with E-state index in [1.165, 1.54) is 0 Å². The molecule has 0 bridgehead atoms. The molecule has 1 unspecified atom stereocenters. The van der Waals surface area contributed by atoms with Gasteiger partial charge in [0.1, 0.15) is 0 Å². The Morgan fingerprint density at radius 3 is 3.11 bits per heavy atom. The van der Waals surface area contributed by atoms with Gasteiger partial charge >= 0.3 is 0 Å². The highest BCUT2D eigenvalue weighted by Gasteiger charge is 2.25. The van der Waals surface area contributed by atoms with E-state index in [4.69, 9.17) is 22.1 Å². The Kier molecular flexibility index (Phi) is 4.61. The second-order valence-electron chi connectivity index (χ2n) is 4.10. The van der Waals surface area contributed by atoms with Crippen LogP contribution in [-0.4, -0.2) is 43.2 Å². The third-order valence-electron chi connectivity index (χ3n) is 2.85. The molecule has 1 aliphatic heterocycles. The van der Waals surface area contributed by atoms with Crippen LogP contribution < -0.4 is 5.73 Å². The summed E-state index contributed by atoms with van der Waals surface area (Å²) < 4.78 is 6.18. The summed E-state index contributed by atoms with van der Waals surface area (Å²) in [6.45, 7) is 2.04. The molecule has 1 aromatic carbocycles. The van der Waals surface area contributed by atoms with Crippen molar-refractivity contribution in [3.63, 3.8) is 0 Å². The minimum atomic E-state index is -0.0827. The molecule has 0 aliphatic carbocycles. The maximum absolute atomic E-state index is 12.4. The highest BCUT2D eigenvalue weighted by atomic mass is 79.9. The summed E-state index contributed by atoms with van der Waals surface area (Å²) in [7, 11) is 0. The summed E-state index contributed by atoms with van der Waals surface area (Å²) >= 11 is 9.29. The first-order valence-electron chi connectivity index (χ1n) is 5.68. The fourth-order valence-corrected chi connectivity index (χ4v) is 2.47. The maximum Gasteiger partial charge on any atom is 0.255 e. The fourth-order valence-electron chi connectivity index (χ4n) is 1.88. The zero-order valence-electron chi connectivity index (χ0n) is 9.73. The Hall–Kier alpha value is -0.620. The van der Waals surface area contributed by atoms with Crippen LogP contribution in [0.2, 0.25) is 5.02 Å². The Morgan fingerprint density at radius 2 is 2.39 bits per heavy atom. The lowest BCUT2D eigenvalue weighted by Crippen LogP contribution is -2.48. The lowest BCUT2D eigenvalue weighted by molar-refractivity contribution is -0.0167. The molecule has 1 fully saturated rings. The van der Waals surface area contributed by atoms with Crippen LogP contribution in [0.3, 0.4) is 0 Å². The lowest BCUT2D eigenvalue weighted by atomic mass is 10.1. The van der Waals surface area contributed by atoms with E-state index >= 15 is 0 Å². The van der Waals surface area contributed by atoms with Crippen molar-refractivity contribution in [2.75, 3.05) is 26.2 Å².